The Morgan fingerprint density at radius 1 is 0.950 bits per heavy atom. The van der Waals surface area contributed by atoms with Crippen molar-refractivity contribution in [3.05, 3.63) is 64.7 Å². The first-order valence-corrected chi connectivity index (χ1v) is 7.58. The van der Waals surface area contributed by atoms with Crippen molar-refractivity contribution in [1.82, 2.24) is 0 Å². The highest BCUT2D eigenvalue weighted by molar-refractivity contribution is 5.79. The van der Waals surface area contributed by atoms with Crippen LogP contribution in [0.25, 0.3) is 17.2 Å². The molecule has 0 atom stereocenters. The van der Waals surface area contributed by atoms with Crippen LogP contribution in [0.1, 0.15) is 42.5 Å². The van der Waals surface area contributed by atoms with Crippen molar-refractivity contribution < 1.29 is 0 Å². The van der Waals surface area contributed by atoms with E-state index in [1.54, 1.807) is 11.1 Å². The van der Waals surface area contributed by atoms with Gasteiger partial charge in [-0.25, -0.2) is 0 Å². The molecular weight excluding hydrogens is 240 g/mol. The summed E-state index contributed by atoms with van der Waals surface area (Å²) >= 11 is 0. The molecule has 0 nitrogen and oxygen atoms in total. The van der Waals surface area contributed by atoms with Gasteiger partial charge >= 0.3 is 0 Å². The molecule has 2 aliphatic carbocycles. The van der Waals surface area contributed by atoms with Crippen molar-refractivity contribution in [2.75, 3.05) is 0 Å². The molecule has 0 aromatic heterocycles. The van der Waals surface area contributed by atoms with E-state index in [-0.39, 0.29) is 5.41 Å². The maximum atomic E-state index is 2.40. The molecule has 0 heteroatoms. The number of fused-ring (bicyclic) bond motifs is 5. The fourth-order valence-electron chi connectivity index (χ4n) is 4.03. The van der Waals surface area contributed by atoms with Gasteiger partial charge in [0.15, 0.2) is 0 Å². The Labute approximate surface area is 121 Å². The predicted molar refractivity (Wildman–Crippen MR) is 86.0 cm³/mol. The van der Waals surface area contributed by atoms with Crippen molar-refractivity contribution in [2.45, 2.75) is 38.5 Å². The van der Waals surface area contributed by atoms with Crippen LogP contribution in [0.3, 0.4) is 0 Å². The Balaban J connectivity index is 2.07. The lowest BCUT2D eigenvalue weighted by molar-refractivity contribution is 0.511. The van der Waals surface area contributed by atoms with E-state index >= 15 is 0 Å². The van der Waals surface area contributed by atoms with Gasteiger partial charge < -0.3 is 0 Å². The topological polar surface area (TPSA) is 0 Å². The Kier molecular flexibility index (Phi) is 2.44. The van der Waals surface area contributed by atoms with Crippen molar-refractivity contribution in [2.24, 2.45) is 0 Å². The maximum Gasteiger partial charge on any atom is -0.00539 e. The Morgan fingerprint density at radius 3 is 2.70 bits per heavy atom. The summed E-state index contributed by atoms with van der Waals surface area (Å²) < 4.78 is 0. The smallest absolute Gasteiger partial charge is 0.00539 e. The van der Waals surface area contributed by atoms with Gasteiger partial charge in [-0.05, 0) is 58.1 Å². The second kappa shape index (κ2) is 4.09. The second-order valence-electron chi connectivity index (χ2n) is 6.71. The average Bonchev–Trinajstić information content (AvgIpc) is 2.46. The molecule has 2 aromatic rings. The van der Waals surface area contributed by atoms with Crippen molar-refractivity contribution in [3.8, 4) is 11.1 Å². The minimum absolute atomic E-state index is 0.236. The highest BCUT2D eigenvalue weighted by atomic mass is 14.4. The number of hydrogen-bond donors (Lipinski definition) is 0. The average molecular weight is 260 g/mol. The zero-order chi connectivity index (χ0) is 13.7. The summed E-state index contributed by atoms with van der Waals surface area (Å²) in [6, 6.07) is 13.6. The van der Waals surface area contributed by atoms with Crippen LogP contribution in [0.15, 0.2) is 42.5 Å². The monoisotopic (exact) mass is 260 g/mol. The van der Waals surface area contributed by atoms with Crippen LogP contribution < -0.4 is 0 Å². The first kappa shape index (κ1) is 12.0. The second-order valence-corrected chi connectivity index (χ2v) is 6.71. The molecule has 2 aromatic carbocycles. The lowest BCUT2D eigenvalue weighted by atomic mass is 9.67. The van der Waals surface area contributed by atoms with Gasteiger partial charge in [-0.15, -0.1) is 0 Å². The van der Waals surface area contributed by atoms with Crippen LogP contribution in [0.5, 0.6) is 0 Å². The van der Waals surface area contributed by atoms with Crippen LogP contribution in [-0.2, 0) is 18.3 Å². The first-order chi connectivity index (χ1) is 9.67. The molecule has 0 amide bonds. The van der Waals surface area contributed by atoms with E-state index < -0.39 is 0 Å². The Hall–Kier alpha value is -1.82. The third kappa shape index (κ3) is 1.61. The fourth-order valence-corrected chi connectivity index (χ4v) is 4.03. The van der Waals surface area contributed by atoms with E-state index in [4.69, 9.17) is 0 Å². The quantitative estimate of drug-likeness (QED) is 0.614. The van der Waals surface area contributed by atoms with Crippen LogP contribution >= 0.6 is 0 Å². The van der Waals surface area contributed by atoms with Gasteiger partial charge in [-0.1, -0.05) is 62.4 Å². The Morgan fingerprint density at radius 2 is 1.80 bits per heavy atom. The normalized spacial score (nSPS) is 18.1. The summed E-state index contributed by atoms with van der Waals surface area (Å²) in [5.74, 6) is 0. The summed E-state index contributed by atoms with van der Waals surface area (Å²) in [6.45, 7) is 4.81. The van der Waals surface area contributed by atoms with Crippen molar-refractivity contribution in [1.29, 1.82) is 0 Å². The lowest BCUT2D eigenvalue weighted by Gasteiger charge is -2.37. The summed E-state index contributed by atoms with van der Waals surface area (Å²) in [5.41, 5.74) is 9.26. The van der Waals surface area contributed by atoms with Crippen molar-refractivity contribution in [3.63, 3.8) is 0 Å². The van der Waals surface area contributed by atoms with Crippen LogP contribution in [-0.4, -0.2) is 0 Å². The molecule has 0 saturated heterocycles. The van der Waals surface area contributed by atoms with E-state index in [2.05, 4.69) is 62.4 Å². The molecule has 0 heterocycles. The number of rotatable bonds is 0. The minimum Gasteiger partial charge on any atom is -0.0836 e. The van der Waals surface area contributed by atoms with E-state index in [9.17, 15) is 0 Å². The van der Waals surface area contributed by atoms with Gasteiger partial charge in [0.25, 0.3) is 0 Å². The van der Waals surface area contributed by atoms with Gasteiger partial charge in [-0.3, -0.25) is 0 Å². The number of allylic oxidation sites excluding steroid dienone is 1. The summed E-state index contributed by atoms with van der Waals surface area (Å²) in [5, 5.41) is 0. The third-order valence-electron chi connectivity index (χ3n) is 4.82. The lowest BCUT2D eigenvalue weighted by Crippen LogP contribution is -2.28. The van der Waals surface area contributed by atoms with E-state index in [1.807, 2.05) is 0 Å². The van der Waals surface area contributed by atoms with Crippen LogP contribution in [0, 0.1) is 0 Å². The molecule has 4 rings (SSSR count). The van der Waals surface area contributed by atoms with Gasteiger partial charge in [0.2, 0.25) is 0 Å². The molecule has 0 aliphatic heterocycles. The van der Waals surface area contributed by atoms with Crippen molar-refractivity contribution >= 4 is 6.08 Å². The zero-order valence-corrected chi connectivity index (χ0v) is 12.2. The zero-order valence-electron chi connectivity index (χ0n) is 12.2. The summed E-state index contributed by atoms with van der Waals surface area (Å²) in [6.07, 6.45) is 8.13. The van der Waals surface area contributed by atoms with E-state index in [0.29, 0.717) is 0 Å². The molecule has 0 bridgehead atoms. The molecule has 0 radical (unpaired) electrons. The molecule has 100 valence electrons. The van der Waals surface area contributed by atoms with Gasteiger partial charge in [-0.2, -0.15) is 0 Å². The van der Waals surface area contributed by atoms with E-state index in [0.717, 1.165) is 6.42 Å². The minimum atomic E-state index is 0.236. The highest BCUT2D eigenvalue weighted by Crippen LogP contribution is 2.46. The largest absolute Gasteiger partial charge is 0.0836 e. The van der Waals surface area contributed by atoms with Crippen LogP contribution in [0.2, 0.25) is 0 Å². The molecule has 2 aliphatic rings. The van der Waals surface area contributed by atoms with Gasteiger partial charge in [0.1, 0.15) is 0 Å². The molecular formula is C20H20. The standard InChI is InChI=1S/C20H20/c1-20(2)13-15-8-4-5-9-16(15)18-12-11-14-7-3-6-10-17(14)19(18)20/h3-5,7-9,11-12H,6,10,13H2,1-2H3. The van der Waals surface area contributed by atoms with Crippen LogP contribution in [0.4, 0.5) is 0 Å². The SMILES string of the molecule is CC1(C)Cc2ccccc2-c2ccc3c(c21)CCC=C3. The van der Waals surface area contributed by atoms with Gasteiger partial charge in [0, 0.05) is 0 Å². The molecule has 20 heavy (non-hydrogen) atoms. The Bertz CT molecular complexity index is 717. The number of hydrogen-bond acceptors (Lipinski definition) is 0. The molecule has 0 unspecified atom stereocenters. The van der Waals surface area contributed by atoms with Gasteiger partial charge in [0.05, 0.1) is 0 Å². The molecule has 0 spiro atoms. The van der Waals surface area contributed by atoms with E-state index in [1.165, 1.54) is 35.1 Å². The third-order valence-corrected chi connectivity index (χ3v) is 4.82. The summed E-state index contributed by atoms with van der Waals surface area (Å²) in [7, 11) is 0. The fraction of sp³-hybridized carbons (Fsp3) is 0.300. The summed E-state index contributed by atoms with van der Waals surface area (Å²) in [4.78, 5) is 0. The molecule has 0 N–H and O–H groups in total. The highest BCUT2D eigenvalue weighted by Gasteiger charge is 2.33. The maximum absolute atomic E-state index is 2.40. The predicted octanol–water partition coefficient (Wildman–Crippen LogP) is 5.15. The number of benzene rings is 2. The molecule has 0 fully saturated rings. The molecule has 0 saturated carbocycles. The first-order valence-electron chi connectivity index (χ1n) is 7.58.